The van der Waals surface area contributed by atoms with Crippen molar-refractivity contribution in [1.82, 2.24) is 0 Å². The van der Waals surface area contributed by atoms with Gasteiger partial charge in [0.2, 0.25) is 5.75 Å². The fourth-order valence-corrected chi connectivity index (χ4v) is 2.88. The van der Waals surface area contributed by atoms with Gasteiger partial charge in [0.05, 0.1) is 24.7 Å². The summed E-state index contributed by atoms with van der Waals surface area (Å²) in [4.78, 5) is 17.6. The van der Waals surface area contributed by atoms with Crippen molar-refractivity contribution in [3.8, 4) is 17.2 Å². The van der Waals surface area contributed by atoms with Crippen LogP contribution in [0.4, 0.5) is 0 Å². The highest BCUT2D eigenvalue weighted by atomic mass is 32.1. The number of nitrogens with zero attached hydrogens (tertiary/aromatic N) is 1. The third-order valence-electron chi connectivity index (χ3n) is 3.26. The van der Waals surface area contributed by atoms with Gasteiger partial charge in [0, 0.05) is 0 Å². The van der Waals surface area contributed by atoms with Gasteiger partial charge in [-0.25, -0.2) is 4.79 Å². The normalized spacial score (nSPS) is 15.5. The van der Waals surface area contributed by atoms with Gasteiger partial charge in [-0.15, -0.1) is 11.3 Å². The Morgan fingerprint density at radius 2 is 1.96 bits per heavy atom. The number of methoxy groups -OCH3 is 2. The largest absolute Gasteiger partial charge is 0.502 e. The van der Waals surface area contributed by atoms with Gasteiger partial charge in [0.1, 0.15) is 5.71 Å². The molecule has 3 rings (SSSR count). The summed E-state index contributed by atoms with van der Waals surface area (Å²) in [5.74, 6) is -0.132. The van der Waals surface area contributed by atoms with Crippen molar-refractivity contribution in [2.24, 2.45) is 5.16 Å². The van der Waals surface area contributed by atoms with Crippen molar-refractivity contribution in [3.05, 3.63) is 45.7 Å². The molecule has 118 valence electrons. The Morgan fingerprint density at radius 1 is 1.26 bits per heavy atom. The molecule has 1 aliphatic rings. The number of carbonyl (C=O) groups excluding carboxylic acids is 1. The van der Waals surface area contributed by atoms with Crippen molar-refractivity contribution in [3.63, 3.8) is 0 Å². The molecular formula is C16H13NO5S. The second-order valence-corrected chi connectivity index (χ2v) is 5.58. The molecule has 0 saturated carbocycles. The van der Waals surface area contributed by atoms with Gasteiger partial charge < -0.3 is 19.4 Å². The first-order chi connectivity index (χ1) is 11.1. The number of benzene rings is 1. The molecule has 1 N–H and O–H groups in total. The molecule has 0 atom stereocenters. The second-order valence-electron chi connectivity index (χ2n) is 4.63. The number of phenolic OH excluding ortho intramolecular Hbond substituents is 1. The maximum absolute atomic E-state index is 11.9. The SMILES string of the molecule is COc1cc(/C=C2\C(=O)ON=C2c2cccs2)cc(OC)c1O. The van der Waals surface area contributed by atoms with Gasteiger partial charge in [-0.05, 0) is 35.2 Å². The molecule has 0 amide bonds. The van der Waals surface area contributed by atoms with E-state index in [1.807, 2.05) is 17.5 Å². The van der Waals surface area contributed by atoms with Crippen LogP contribution in [-0.2, 0) is 9.63 Å². The number of oxime groups is 1. The average molecular weight is 331 g/mol. The van der Waals surface area contributed by atoms with Crippen LogP contribution in [0.5, 0.6) is 17.2 Å². The smallest absolute Gasteiger partial charge is 0.368 e. The van der Waals surface area contributed by atoms with Crippen molar-refractivity contribution in [2.75, 3.05) is 14.2 Å². The molecule has 0 fully saturated rings. The number of carbonyl (C=O) groups is 1. The standard InChI is InChI=1S/C16H13NO5S/c1-20-11-7-9(8-12(21-2)15(11)18)6-10-14(17-22-16(10)19)13-4-3-5-23-13/h3-8,18H,1-2H3/b10-6-. The van der Waals surface area contributed by atoms with Crippen molar-refractivity contribution in [2.45, 2.75) is 0 Å². The lowest BCUT2D eigenvalue weighted by atomic mass is 10.1. The predicted molar refractivity (Wildman–Crippen MR) is 86.1 cm³/mol. The Labute approximate surface area is 136 Å². The molecule has 1 aromatic heterocycles. The van der Waals surface area contributed by atoms with Crippen LogP contribution >= 0.6 is 11.3 Å². The van der Waals surface area contributed by atoms with E-state index in [9.17, 15) is 9.90 Å². The first-order valence-electron chi connectivity index (χ1n) is 6.64. The summed E-state index contributed by atoms with van der Waals surface area (Å²) < 4.78 is 10.2. The first-order valence-corrected chi connectivity index (χ1v) is 7.52. The maximum atomic E-state index is 11.9. The molecule has 2 aromatic rings. The van der Waals surface area contributed by atoms with Gasteiger partial charge >= 0.3 is 5.97 Å². The van der Waals surface area contributed by atoms with Gasteiger partial charge in [0.15, 0.2) is 11.5 Å². The van der Waals surface area contributed by atoms with E-state index < -0.39 is 5.97 Å². The number of aromatic hydroxyl groups is 1. The molecule has 0 spiro atoms. The van der Waals surface area contributed by atoms with Crippen LogP contribution in [0.1, 0.15) is 10.4 Å². The van der Waals surface area contributed by atoms with Gasteiger partial charge in [-0.1, -0.05) is 11.2 Å². The summed E-state index contributed by atoms with van der Waals surface area (Å²) in [6, 6.07) is 6.93. The zero-order valence-corrected chi connectivity index (χ0v) is 13.2. The molecule has 0 unspecified atom stereocenters. The van der Waals surface area contributed by atoms with E-state index in [1.54, 1.807) is 18.2 Å². The van der Waals surface area contributed by atoms with Crippen LogP contribution in [0.25, 0.3) is 6.08 Å². The van der Waals surface area contributed by atoms with Crippen LogP contribution in [0.2, 0.25) is 0 Å². The lowest BCUT2D eigenvalue weighted by Crippen LogP contribution is -2.05. The molecule has 0 saturated heterocycles. The van der Waals surface area contributed by atoms with Gasteiger partial charge in [-0.2, -0.15) is 0 Å². The number of thiophene rings is 1. The summed E-state index contributed by atoms with van der Waals surface area (Å²) >= 11 is 1.46. The second kappa shape index (κ2) is 6.13. The Hall–Kier alpha value is -2.80. The van der Waals surface area contributed by atoms with E-state index in [0.717, 1.165) is 4.88 Å². The molecule has 23 heavy (non-hydrogen) atoms. The molecule has 0 bridgehead atoms. The van der Waals surface area contributed by atoms with Crippen molar-refractivity contribution in [1.29, 1.82) is 0 Å². The highest BCUT2D eigenvalue weighted by Crippen LogP contribution is 2.38. The molecular weight excluding hydrogens is 318 g/mol. The molecule has 2 heterocycles. The lowest BCUT2D eigenvalue weighted by molar-refractivity contribution is -0.136. The average Bonchev–Trinajstić information content (AvgIpc) is 3.19. The predicted octanol–water partition coefficient (Wildman–Crippen LogP) is 2.82. The number of rotatable bonds is 4. The van der Waals surface area contributed by atoms with Crippen LogP contribution < -0.4 is 9.47 Å². The Morgan fingerprint density at radius 3 is 2.52 bits per heavy atom. The highest BCUT2D eigenvalue weighted by molar-refractivity contribution is 7.12. The summed E-state index contributed by atoms with van der Waals surface area (Å²) in [5, 5.41) is 15.7. The first kappa shape index (κ1) is 15.1. The summed E-state index contributed by atoms with van der Waals surface area (Å²) in [6.45, 7) is 0. The molecule has 0 aliphatic carbocycles. The van der Waals surface area contributed by atoms with E-state index in [2.05, 4.69) is 5.16 Å². The number of hydrogen-bond donors (Lipinski definition) is 1. The molecule has 7 heteroatoms. The molecule has 6 nitrogen and oxygen atoms in total. The van der Waals surface area contributed by atoms with Crippen molar-refractivity contribution >= 4 is 29.1 Å². The lowest BCUT2D eigenvalue weighted by Gasteiger charge is -2.09. The fraction of sp³-hybridized carbons (Fsp3) is 0.125. The molecule has 0 radical (unpaired) electrons. The topological polar surface area (TPSA) is 77.4 Å². The van der Waals surface area contributed by atoms with Gasteiger partial charge in [0.25, 0.3) is 0 Å². The minimum absolute atomic E-state index is 0.0988. The quantitative estimate of drug-likeness (QED) is 0.688. The summed E-state index contributed by atoms with van der Waals surface area (Å²) in [5.41, 5.74) is 1.44. The maximum Gasteiger partial charge on any atom is 0.368 e. The molecule has 1 aliphatic heterocycles. The van der Waals surface area contributed by atoms with Gasteiger partial charge in [-0.3, -0.25) is 0 Å². The monoisotopic (exact) mass is 331 g/mol. The number of hydrogen-bond acceptors (Lipinski definition) is 7. The zero-order valence-electron chi connectivity index (χ0n) is 12.4. The molecule has 1 aromatic carbocycles. The zero-order chi connectivity index (χ0) is 16.4. The summed E-state index contributed by atoms with van der Waals surface area (Å²) in [7, 11) is 2.88. The Kier molecular flexibility index (Phi) is 4.03. The van der Waals surface area contributed by atoms with Crippen LogP contribution in [0, 0.1) is 0 Å². The van der Waals surface area contributed by atoms with Crippen LogP contribution in [0.3, 0.4) is 0 Å². The van der Waals surface area contributed by atoms with Crippen LogP contribution in [-0.4, -0.2) is 31.0 Å². The number of phenols is 1. The van der Waals surface area contributed by atoms with E-state index in [-0.39, 0.29) is 17.2 Å². The third kappa shape index (κ3) is 2.78. The Balaban J connectivity index is 2.06. The highest BCUT2D eigenvalue weighted by Gasteiger charge is 2.27. The van der Waals surface area contributed by atoms with E-state index in [1.165, 1.54) is 25.6 Å². The van der Waals surface area contributed by atoms with E-state index in [4.69, 9.17) is 14.3 Å². The number of ether oxygens (including phenoxy) is 2. The minimum Gasteiger partial charge on any atom is -0.502 e. The third-order valence-corrected chi connectivity index (χ3v) is 4.14. The Bertz CT molecular complexity index is 783. The minimum atomic E-state index is -0.528. The van der Waals surface area contributed by atoms with E-state index >= 15 is 0 Å². The summed E-state index contributed by atoms with van der Waals surface area (Å²) in [6.07, 6.45) is 1.62. The van der Waals surface area contributed by atoms with Crippen molar-refractivity contribution < 1.29 is 24.2 Å². The fourth-order valence-electron chi connectivity index (χ4n) is 2.16. The van der Waals surface area contributed by atoms with E-state index in [0.29, 0.717) is 16.8 Å². The van der Waals surface area contributed by atoms with Crippen LogP contribution in [0.15, 0.2) is 40.4 Å².